The molecule has 1 aromatic heterocycles. The van der Waals surface area contributed by atoms with E-state index < -0.39 is 5.97 Å². The fraction of sp³-hybridized carbons (Fsp3) is 0.294. The Labute approximate surface area is 143 Å². The van der Waals surface area contributed by atoms with E-state index >= 15 is 0 Å². The van der Waals surface area contributed by atoms with Crippen LogP contribution >= 0.6 is 23.1 Å². The molecule has 0 fully saturated rings. The summed E-state index contributed by atoms with van der Waals surface area (Å²) in [5.41, 5.74) is 0.902. The number of carbonyl (C=O) groups excluding carboxylic acids is 2. The molecule has 6 heteroatoms. The average Bonchev–Trinajstić information content (AvgIpc) is 3.03. The number of rotatable bonds is 3. The minimum absolute atomic E-state index is 0.183. The van der Waals surface area contributed by atoms with E-state index in [0.717, 1.165) is 17.0 Å². The Morgan fingerprint density at radius 2 is 2.09 bits per heavy atom. The smallest absolute Gasteiger partial charge is 0.348 e. The fourth-order valence-corrected chi connectivity index (χ4v) is 4.15. The van der Waals surface area contributed by atoms with Crippen molar-refractivity contribution in [3.63, 3.8) is 0 Å². The van der Waals surface area contributed by atoms with Crippen LogP contribution in [0.1, 0.15) is 23.0 Å². The summed E-state index contributed by atoms with van der Waals surface area (Å²) in [6.07, 6.45) is 0.907. The minimum Gasteiger partial charge on any atom is -0.451 e. The number of anilines is 1. The molecule has 4 nitrogen and oxygen atoms in total. The molecule has 0 spiro atoms. The van der Waals surface area contributed by atoms with Crippen molar-refractivity contribution in [2.75, 3.05) is 18.1 Å². The van der Waals surface area contributed by atoms with E-state index in [2.05, 4.69) is 6.92 Å². The standard InChI is InChI=1S/C17H17NO3S2/c1-12-8-9-18(13-5-2-3-6-14(13)23-12)16(19)11-21-17(20)15-7-4-10-22-15/h2-7,10,12H,8-9,11H2,1H3/t12-/m0/s1. The number of hydrogen-bond acceptors (Lipinski definition) is 5. The highest BCUT2D eigenvalue weighted by molar-refractivity contribution is 8.00. The van der Waals surface area contributed by atoms with E-state index in [1.54, 1.807) is 28.8 Å². The second-order valence-electron chi connectivity index (χ2n) is 5.28. The van der Waals surface area contributed by atoms with Gasteiger partial charge in [-0.1, -0.05) is 25.1 Å². The van der Waals surface area contributed by atoms with Gasteiger partial charge in [0.15, 0.2) is 6.61 Å². The van der Waals surface area contributed by atoms with Crippen LogP contribution in [0.5, 0.6) is 0 Å². The van der Waals surface area contributed by atoms with Gasteiger partial charge in [0, 0.05) is 16.7 Å². The second kappa shape index (κ2) is 7.19. The molecule has 0 unspecified atom stereocenters. The van der Waals surface area contributed by atoms with E-state index in [9.17, 15) is 9.59 Å². The molecule has 23 heavy (non-hydrogen) atoms. The first-order chi connectivity index (χ1) is 11.1. The Morgan fingerprint density at radius 3 is 2.87 bits per heavy atom. The molecule has 1 aromatic carbocycles. The Balaban J connectivity index is 1.70. The van der Waals surface area contributed by atoms with E-state index in [-0.39, 0.29) is 12.5 Å². The third-order valence-electron chi connectivity index (χ3n) is 3.59. The van der Waals surface area contributed by atoms with Crippen LogP contribution < -0.4 is 4.90 Å². The molecule has 0 radical (unpaired) electrons. The SMILES string of the molecule is C[C@H]1CCN(C(=O)COC(=O)c2cccs2)c2ccccc2S1. The lowest BCUT2D eigenvalue weighted by molar-refractivity contribution is -0.121. The number of nitrogens with zero attached hydrogens (tertiary/aromatic N) is 1. The number of para-hydroxylation sites is 1. The van der Waals surface area contributed by atoms with E-state index in [4.69, 9.17) is 4.74 Å². The molecule has 0 bridgehead atoms. The monoisotopic (exact) mass is 347 g/mol. The van der Waals surface area contributed by atoms with Crippen molar-refractivity contribution in [1.29, 1.82) is 0 Å². The zero-order valence-corrected chi connectivity index (χ0v) is 14.4. The number of ether oxygens (including phenoxy) is 1. The van der Waals surface area contributed by atoms with Crippen molar-refractivity contribution in [2.24, 2.45) is 0 Å². The molecule has 120 valence electrons. The molecule has 1 atom stereocenters. The maximum atomic E-state index is 12.5. The summed E-state index contributed by atoms with van der Waals surface area (Å²) in [6, 6.07) is 11.3. The van der Waals surface area contributed by atoms with E-state index in [0.29, 0.717) is 16.7 Å². The Kier molecular flexibility index (Phi) is 5.03. The van der Waals surface area contributed by atoms with Crippen LogP contribution in [0.4, 0.5) is 5.69 Å². The van der Waals surface area contributed by atoms with Gasteiger partial charge in [0.05, 0.1) is 5.69 Å². The topological polar surface area (TPSA) is 46.6 Å². The lowest BCUT2D eigenvalue weighted by Gasteiger charge is -2.22. The first-order valence-electron chi connectivity index (χ1n) is 7.42. The van der Waals surface area contributed by atoms with E-state index in [1.165, 1.54) is 11.3 Å². The second-order valence-corrected chi connectivity index (χ2v) is 7.71. The molecule has 2 heterocycles. The maximum Gasteiger partial charge on any atom is 0.348 e. The molecular formula is C17H17NO3S2. The van der Waals surface area contributed by atoms with Gasteiger partial charge in [0.25, 0.3) is 5.91 Å². The van der Waals surface area contributed by atoms with Gasteiger partial charge in [-0.15, -0.1) is 23.1 Å². The summed E-state index contributed by atoms with van der Waals surface area (Å²) in [5, 5.41) is 2.25. The van der Waals surface area contributed by atoms with Gasteiger partial charge in [-0.3, -0.25) is 4.79 Å². The first-order valence-corrected chi connectivity index (χ1v) is 9.18. The zero-order chi connectivity index (χ0) is 16.2. The number of esters is 1. The van der Waals surface area contributed by atoms with E-state index in [1.807, 2.05) is 29.6 Å². The lowest BCUT2D eigenvalue weighted by atomic mass is 10.2. The molecule has 3 rings (SSSR count). The quantitative estimate of drug-likeness (QED) is 0.792. The number of thioether (sulfide) groups is 1. The first kappa shape index (κ1) is 16.1. The summed E-state index contributed by atoms with van der Waals surface area (Å²) in [4.78, 5) is 27.7. The Bertz CT molecular complexity index is 700. The molecule has 0 saturated heterocycles. The summed E-state index contributed by atoms with van der Waals surface area (Å²) in [5.74, 6) is -0.628. The lowest BCUT2D eigenvalue weighted by Crippen LogP contribution is -2.35. The van der Waals surface area contributed by atoms with Crippen molar-refractivity contribution >= 4 is 40.7 Å². The normalized spacial score (nSPS) is 17.3. The van der Waals surface area contributed by atoms with Crippen LogP contribution in [0.2, 0.25) is 0 Å². The van der Waals surface area contributed by atoms with Crippen molar-refractivity contribution in [2.45, 2.75) is 23.5 Å². The van der Waals surface area contributed by atoms with Crippen molar-refractivity contribution < 1.29 is 14.3 Å². The van der Waals surface area contributed by atoms with Crippen LogP contribution in [0.3, 0.4) is 0 Å². The predicted molar refractivity (Wildman–Crippen MR) is 93.3 cm³/mol. The molecule has 1 amide bonds. The van der Waals surface area contributed by atoms with Crippen LogP contribution in [-0.4, -0.2) is 30.3 Å². The summed E-state index contributed by atoms with van der Waals surface area (Å²) < 4.78 is 5.16. The summed E-state index contributed by atoms with van der Waals surface area (Å²) in [6.45, 7) is 2.57. The highest BCUT2D eigenvalue weighted by atomic mass is 32.2. The third kappa shape index (κ3) is 3.76. The number of carbonyl (C=O) groups is 2. The molecule has 1 aliphatic rings. The third-order valence-corrected chi connectivity index (χ3v) is 5.68. The van der Waals surface area contributed by atoms with Gasteiger partial charge in [-0.2, -0.15) is 0 Å². The van der Waals surface area contributed by atoms with Crippen molar-refractivity contribution in [3.05, 3.63) is 46.7 Å². The van der Waals surface area contributed by atoms with Gasteiger partial charge in [-0.25, -0.2) is 4.79 Å². The number of amides is 1. The largest absolute Gasteiger partial charge is 0.451 e. The van der Waals surface area contributed by atoms with Crippen LogP contribution in [0.25, 0.3) is 0 Å². The van der Waals surface area contributed by atoms with Crippen LogP contribution in [0.15, 0.2) is 46.7 Å². The average molecular weight is 347 g/mol. The molecule has 1 aliphatic heterocycles. The number of hydrogen-bond donors (Lipinski definition) is 0. The van der Waals surface area contributed by atoms with Gasteiger partial charge in [-0.05, 0) is 30.0 Å². The Morgan fingerprint density at radius 1 is 1.26 bits per heavy atom. The van der Waals surface area contributed by atoms with Gasteiger partial charge in [0.1, 0.15) is 4.88 Å². The molecular weight excluding hydrogens is 330 g/mol. The molecule has 0 aliphatic carbocycles. The molecule has 0 N–H and O–H groups in total. The predicted octanol–water partition coefficient (Wildman–Crippen LogP) is 3.82. The fourth-order valence-electron chi connectivity index (χ4n) is 2.42. The van der Waals surface area contributed by atoms with Crippen molar-refractivity contribution in [3.8, 4) is 0 Å². The summed E-state index contributed by atoms with van der Waals surface area (Å²) >= 11 is 3.08. The number of thiophene rings is 1. The van der Waals surface area contributed by atoms with Crippen LogP contribution in [-0.2, 0) is 9.53 Å². The van der Waals surface area contributed by atoms with Gasteiger partial charge in [0.2, 0.25) is 0 Å². The van der Waals surface area contributed by atoms with Gasteiger partial charge >= 0.3 is 5.97 Å². The minimum atomic E-state index is -0.445. The summed E-state index contributed by atoms with van der Waals surface area (Å²) in [7, 11) is 0. The molecule has 2 aromatic rings. The Hall–Kier alpha value is -1.79. The van der Waals surface area contributed by atoms with Crippen molar-refractivity contribution in [1.82, 2.24) is 0 Å². The van der Waals surface area contributed by atoms with Crippen LogP contribution in [0, 0.1) is 0 Å². The van der Waals surface area contributed by atoms with Gasteiger partial charge < -0.3 is 9.64 Å². The number of benzene rings is 1. The number of fused-ring (bicyclic) bond motifs is 1. The highest BCUT2D eigenvalue weighted by Crippen LogP contribution is 2.37. The highest BCUT2D eigenvalue weighted by Gasteiger charge is 2.25. The maximum absolute atomic E-state index is 12.5. The molecule has 0 saturated carbocycles. The zero-order valence-electron chi connectivity index (χ0n) is 12.7.